The highest BCUT2D eigenvalue weighted by molar-refractivity contribution is 7.10. The third-order valence-electron chi connectivity index (χ3n) is 11.4. The van der Waals surface area contributed by atoms with Gasteiger partial charge in [-0.05, 0) is 68.5 Å². The number of terminal acetylenes is 1. The molecule has 4 aliphatic heterocycles. The lowest BCUT2D eigenvalue weighted by molar-refractivity contribution is 0.121. The fourth-order valence-electron chi connectivity index (χ4n) is 8.17. The van der Waals surface area contributed by atoms with Gasteiger partial charge in [-0.15, -0.1) is 29.1 Å². The molecule has 4 aromatic heterocycles. The van der Waals surface area contributed by atoms with Crippen molar-refractivity contribution in [2.75, 3.05) is 60.8 Å². The summed E-state index contributed by atoms with van der Waals surface area (Å²) in [5.41, 5.74) is 15.5. The van der Waals surface area contributed by atoms with Crippen LogP contribution in [0.4, 0.5) is 34.9 Å². The maximum Gasteiger partial charge on any atom is 0.222 e. The van der Waals surface area contributed by atoms with Crippen molar-refractivity contribution in [1.29, 1.82) is 0 Å². The Morgan fingerprint density at radius 3 is 1.75 bits per heavy atom. The van der Waals surface area contributed by atoms with Gasteiger partial charge in [-0.25, -0.2) is 19.9 Å². The molecule has 2 aromatic carbocycles. The van der Waals surface area contributed by atoms with Crippen LogP contribution in [-0.2, 0) is 31.5 Å². The molecule has 0 radical (unpaired) electrons. The maximum absolute atomic E-state index is 10.7. The first-order chi connectivity index (χ1) is 30.1. The molecule has 2 unspecified atom stereocenters. The van der Waals surface area contributed by atoms with Gasteiger partial charge < -0.3 is 41.0 Å². The van der Waals surface area contributed by atoms with Crippen LogP contribution in [0, 0.1) is 31.1 Å². The van der Waals surface area contributed by atoms with Crippen molar-refractivity contribution in [2.24, 2.45) is 0 Å². The second-order valence-electron chi connectivity index (χ2n) is 16.1. The Kier molecular flexibility index (Phi) is 12.4. The Balaban J connectivity index is 0.000000147. The molecule has 324 valence electrons. The van der Waals surface area contributed by atoms with Crippen LogP contribution >= 0.6 is 45.9 Å². The SMILES string of the molecule is C#CC(C)(O)c1nccs1.CC(O)(C#Cc1ccc2c(c1)N(c1nc(N)ncc1Cl)C[C@]21CCOC1)c1nccs1.Cc1ccc2c(c1)N(c1nc(N)ncc1Cl)C[C@]21CCOC1. The minimum atomic E-state index is -1.32. The van der Waals surface area contributed by atoms with Crippen LogP contribution in [0.1, 0.15) is 59.0 Å². The molecule has 0 saturated carbocycles. The summed E-state index contributed by atoms with van der Waals surface area (Å²) >= 11 is 15.5. The van der Waals surface area contributed by atoms with Crippen molar-refractivity contribution >= 4 is 80.8 Å². The molecule has 6 aromatic rings. The molecule has 2 saturated heterocycles. The number of aryl methyl sites for hydroxylation is 1. The Morgan fingerprint density at radius 1 is 0.762 bits per heavy atom. The Bertz CT molecular complexity index is 2720. The Labute approximate surface area is 383 Å². The average molecular weight is 924 g/mol. The lowest BCUT2D eigenvalue weighted by Crippen LogP contribution is -2.32. The lowest BCUT2D eigenvalue weighted by Gasteiger charge is -2.24. The summed E-state index contributed by atoms with van der Waals surface area (Å²) in [7, 11) is 0. The maximum atomic E-state index is 10.7. The van der Waals surface area contributed by atoms with Crippen molar-refractivity contribution < 1.29 is 19.7 Å². The zero-order valence-corrected chi connectivity index (χ0v) is 37.8. The number of anilines is 6. The van der Waals surface area contributed by atoms with Crippen molar-refractivity contribution in [1.82, 2.24) is 29.9 Å². The van der Waals surface area contributed by atoms with Gasteiger partial charge in [0.05, 0.1) is 25.6 Å². The molecule has 0 aliphatic carbocycles. The predicted octanol–water partition coefficient (Wildman–Crippen LogP) is 7.05. The first kappa shape index (κ1) is 44.2. The van der Waals surface area contributed by atoms with E-state index in [0.717, 1.165) is 49.5 Å². The quantitative estimate of drug-likeness (QED) is 0.131. The molecule has 4 aliphatic rings. The van der Waals surface area contributed by atoms with Crippen LogP contribution in [0.15, 0.2) is 71.9 Å². The van der Waals surface area contributed by atoms with Crippen molar-refractivity contribution in [3.63, 3.8) is 0 Å². The van der Waals surface area contributed by atoms with Gasteiger partial charge in [0.15, 0.2) is 22.8 Å². The molecule has 63 heavy (non-hydrogen) atoms. The van der Waals surface area contributed by atoms with E-state index in [0.29, 0.717) is 51.5 Å². The van der Waals surface area contributed by atoms with E-state index in [1.54, 1.807) is 37.8 Å². The monoisotopic (exact) mass is 922 g/mol. The third kappa shape index (κ3) is 8.91. The number of ether oxygens (including phenoxy) is 2. The number of nitrogens with zero attached hydrogens (tertiary/aromatic N) is 8. The van der Waals surface area contributed by atoms with Crippen molar-refractivity contribution in [2.45, 2.75) is 55.6 Å². The van der Waals surface area contributed by atoms with Crippen LogP contribution in [0.2, 0.25) is 10.0 Å². The molecule has 18 heteroatoms. The van der Waals surface area contributed by atoms with Gasteiger partial charge in [-0.3, -0.25) is 0 Å². The summed E-state index contributed by atoms with van der Waals surface area (Å²) in [6.07, 6.45) is 13.3. The summed E-state index contributed by atoms with van der Waals surface area (Å²) in [4.78, 5) is 29.0. The highest BCUT2D eigenvalue weighted by Crippen LogP contribution is 2.51. The van der Waals surface area contributed by atoms with Crippen LogP contribution in [-0.4, -0.2) is 79.6 Å². The minimum absolute atomic E-state index is 0.0199. The van der Waals surface area contributed by atoms with Gasteiger partial charge in [-0.2, -0.15) is 9.97 Å². The van der Waals surface area contributed by atoms with E-state index in [9.17, 15) is 10.2 Å². The normalized spacial score (nSPS) is 21.2. The summed E-state index contributed by atoms with van der Waals surface area (Å²) in [6, 6.07) is 12.6. The van der Waals surface area contributed by atoms with Crippen LogP contribution < -0.4 is 21.3 Å². The van der Waals surface area contributed by atoms with E-state index < -0.39 is 11.2 Å². The molecule has 2 spiro atoms. The summed E-state index contributed by atoms with van der Waals surface area (Å²) in [5, 5.41) is 25.8. The van der Waals surface area contributed by atoms with E-state index in [1.165, 1.54) is 45.6 Å². The summed E-state index contributed by atoms with van der Waals surface area (Å²) in [6.45, 7) is 9.65. The number of hydrogen-bond donors (Lipinski definition) is 4. The Hall–Kier alpha value is -5.40. The number of benzene rings is 2. The van der Waals surface area contributed by atoms with Gasteiger partial charge >= 0.3 is 0 Å². The third-order valence-corrected chi connectivity index (χ3v) is 13.9. The predicted molar refractivity (Wildman–Crippen MR) is 248 cm³/mol. The van der Waals surface area contributed by atoms with Crippen LogP contribution in [0.3, 0.4) is 0 Å². The molecule has 0 bridgehead atoms. The van der Waals surface area contributed by atoms with E-state index >= 15 is 0 Å². The fourth-order valence-corrected chi connectivity index (χ4v) is 9.87. The molecule has 6 N–H and O–H groups in total. The Morgan fingerprint density at radius 2 is 1.27 bits per heavy atom. The zero-order valence-electron chi connectivity index (χ0n) is 34.7. The topological polar surface area (TPSA) is 195 Å². The minimum Gasteiger partial charge on any atom is -0.380 e. The van der Waals surface area contributed by atoms with Crippen molar-refractivity contribution in [3.8, 4) is 24.2 Å². The van der Waals surface area contributed by atoms with Gasteiger partial charge in [0.1, 0.15) is 20.1 Å². The molecule has 4 atom stereocenters. The first-order valence-corrected chi connectivity index (χ1v) is 22.4. The molecule has 2 fully saturated rings. The van der Waals surface area contributed by atoms with Gasteiger partial charge in [0, 0.05) is 77.2 Å². The van der Waals surface area contributed by atoms with E-state index in [1.807, 2.05) is 17.5 Å². The molecule has 10 rings (SSSR count). The van der Waals surface area contributed by atoms with Crippen molar-refractivity contribution in [3.05, 3.63) is 114 Å². The van der Waals surface area contributed by atoms with E-state index in [2.05, 4.69) is 88.7 Å². The number of hydrogen-bond acceptors (Lipinski definition) is 16. The molecular formula is C45H44Cl2N10O4S2. The number of nitrogens with two attached hydrogens (primary N) is 2. The van der Waals surface area contributed by atoms with E-state index in [4.69, 9.17) is 50.6 Å². The molecule has 8 heterocycles. The smallest absolute Gasteiger partial charge is 0.222 e. The lowest BCUT2D eigenvalue weighted by atomic mass is 9.81. The largest absolute Gasteiger partial charge is 0.380 e. The van der Waals surface area contributed by atoms with Gasteiger partial charge in [0.2, 0.25) is 11.9 Å². The van der Waals surface area contributed by atoms with Gasteiger partial charge in [-0.1, -0.05) is 59.2 Å². The number of fused-ring (bicyclic) bond motifs is 4. The zero-order chi connectivity index (χ0) is 44.6. The first-order valence-electron chi connectivity index (χ1n) is 19.9. The highest BCUT2D eigenvalue weighted by atomic mass is 35.5. The fraction of sp³-hybridized carbons (Fsp3) is 0.333. The standard InChI is InChI=1S/C22H20ClN5O2S.C16H17ClN4O.C7H7NOS/c1-21(29,19-25-7-9-31-19)5-4-14-2-3-15-17(10-14)28(12-22(15)6-8-30-13-22)18-16(23)11-26-20(24)27-18;1-10-2-3-11-13(6-10)21(8-16(11)4-5-22-9-16)14-12(17)7-19-15(18)20-14;1-3-7(2,9)6-8-4-5-10-6/h2-3,7,9-11,29H,6,8,12-13H2,1H3,(H2,24,26,27);2-3,6-7H,4-5,8-9H2,1H3,(H2,18,19,20);1,4-5,9H,2H3/t21?,22-;16-;/m00./s1. The molecule has 14 nitrogen and oxygen atoms in total. The summed E-state index contributed by atoms with van der Waals surface area (Å²) in [5.74, 6) is 9.93. The number of thiazole rings is 2. The second kappa shape index (κ2) is 17.6. The molecule has 0 amide bonds. The van der Waals surface area contributed by atoms with Crippen LogP contribution in [0.25, 0.3) is 0 Å². The number of nitrogen functional groups attached to an aromatic ring is 2. The van der Waals surface area contributed by atoms with E-state index in [-0.39, 0.29) is 22.7 Å². The molecular weight excluding hydrogens is 880 g/mol. The van der Waals surface area contributed by atoms with Gasteiger partial charge in [0.25, 0.3) is 0 Å². The number of rotatable bonds is 4. The van der Waals surface area contributed by atoms with Crippen LogP contribution in [0.5, 0.6) is 0 Å². The second-order valence-corrected chi connectivity index (χ2v) is 18.7. The number of aromatic nitrogens is 6. The number of halogens is 2. The average Bonchev–Trinajstić information content (AvgIpc) is 4.14. The summed E-state index contributed by atoms with van der Waals surface area (Å²) < 4.78 is 11.4. The highest BCUT2D eigenvalue weighted by Gasteiger charge is 2.48. The number of aliphatic hydroxyl groups is 2.